The molecule has 0 aliphatic carbocycles. The molecule has 0 saturated carbocycles. The van der Waals surface area contributed by atoms with E-state index in [0.29, 0.717) is 12.3 Å². The van der Waals surface area contributed by atoms with Crippen LogP contribution in [0.4, 0.5) is 15.8 Å². The van der Waals surface area contributed by atoms with E-state index in [4.69, 9.17) is 9.47 Å². The maximum atomic E-state index is 14.8. The van der Waals surface area contributed by atoms with Crippen LogP contribution in [0, 0.1) is 5.82 Å². The minimum atomic E-state index is -0.289. The Morgan fingerprint density at radius 3 is 3.00 bits per heavy atom. The molecule has 1 atom stereocenters. The molecule has 5 heterocycles. The summed E-state index contributed by atoms with van der Waals surface area (Å²) in [6.07, 6.45) is 7.31. The lowest BCUT2D eigenvalue weighted by atomic mass is 9.94. The number of hydrogen-bond donors (Lipinski definition) is 1. The van der Waals surface area contributed by atoms with Gasteiger partial charge in [0.25, 0.3) is 0 Å². The van der Waals surface area contributed by atoms with Gasteiger partial charge in [-0.15, -0.1) is 22.7 Å². The monoisotopic (exact) mass is 524 g/mol. The molecular weight excluding hydrogens is 495 g/mol. The normalized spacial score (nSPS) is 20.3. The summed E-state index contributed by atoms with van der Waals surface area (Å²) in [5, 5.41) is 4.28. The van der Waals surface area contributed by atoms with Crippen molar-refractivity contribution in [2.24, 2.45) is 0 Å². The highest BCUT2D eigenvalue weighted by Gasteiger charge is 2.36. The second-order valence-corrected chi connectivity index (χ2v) is 11.7. The molecule has 9 heteroatoms. The van der Waals surface area contributed by atoms with Gasteiger partial charge in [0.2, 0.25) is 0 Å². The van der Waals surface area contributed by atoms with E-state index >= 15 is 0 Å². The molecule has 2 aliphatic rings. The Morgan fingerprint density at radius 1 is 1.22 bits per heavy atom. The quantitative estimate of drug-likeness (QED) is 0.287. The smallest absolute Gasteiger partial charge is 0.157 e. The Labute approximate surface area is 217 Å². The van der Waals surface area contributed by atoms with Gasteiger partial charge in [0.1, 0.15) is 10.6 Å². The highest BCUT2D eigenvalue weighted by atomic mass is 32.1. The van der Waals surface area contributed by atoms with Crippen LogP contribution in [0.5, 0.6) is 0 Å². The third-order valence-electron chi connectivity index (χ3n) is 7.16. The molecule has 1 fully saturated rings. The molecular formula is C27H29FN4O2S2. The van der Waals surface area contributed by atoms with Gasteiger partial charge in [0.15, 0.2) is 6.29 Å². The number of nitrogens with one attached hydrogen (secondary N) is 1. The van der Waals surface area contributed by atoms with Crippen molar-refractivity contribution in [2.75, 3.05) is 31.6 Å². The number of nitrogens with zero attached hydrogens (tertiary/aromatic N) is 3. The van der Waals surface area contributed by atoms with Crippen molar-refractivity contribution < 1.29 is 13.9 Å². The summed E-state index contributed by atoms with van der Waals surface area (Å²) >= 11 is 3.11. The minimum Gasteiger partial charge on any atom is -0.353 e. The number of fused-ring (bicyclic) bond motifs is 2. The summed E-state index contributed by atoms with van der Waals surface area (Å²) in [5.74, 6) is -0.289. The van der Waals surface area contributed by atoms with Crippen molar-refractivity contribution in [3.05, 3.63) is 52.7 Å². The standard InChI is InChI=1S/C27H29FN4O2S2/c1-27(2)18(7-9-32(27)10-12-34-25-5-3-4-11-33-25)23-13-17-20(6-8-29-26(17)36-23)31-21-15-22-24(14-19(21)28)35-16-30-22/h6-8,13-16,25H,3-5,9-12H2,1-2H3,(H,29,31). The lowest BCUT2D eigenvalue weighted by Gasteiger charge is -2.35. The molecule has 0 bridgehead atoms. The Morgan fingerprint density at radius 2 is 2.14 bits per heavy atom. The predicted molar refractivity (Wildman–Crippen MR) is 146 cm³/mol. The van der Waals surface area contributed by atoms with E-state index in [1.807, 2.05) is 6.07 Å². The van der Waals surface area contributed by atoms with Gasteiger partial charge in [0.05, 0.1) is 33.7 Å². The zero-order chi connectivity index (χ0) is 24.7. The molecule has 188 valence electrons. The van der Waals surface area contributed by atoms with E-state index in [0.717, 1.165) is 58.7 Å². The Balaban J connectivity index is 1.20. The summed E-state index contributed by atoms with van der Waals surface area (Å²) < 4.78 is 27.3. The maximum Gasteiger partial charge on any atom is 0.157 e. The van der Waals surface area contributed by atoms with Gasteiger partial charge in [0, 0.05) is 41.7 Å². The summed E-state index contributed by atoms with van der Waals surface area (Å²) in [7, 11) is 0. The molecule has 4 aromatic rings. The number of anilines is 2. The highest BCUT2D eigenvalue weighted by molar-refractivity contribution is 7.19. The van der Waals surface area contributed by atoms with Gasteiger partial charge in [-0.25, -0.2) is 14.4 Å². The van der Waals surface area contributed by atoms with E-state index in [9.17, 15) is 4.39 Å². The third-order valence-corrected chi connectivity index (χ3v) is 9.03. The Kier molecular flexibility index (Phi) is 6.51. The lowest BCUT2D eigenvalue weighted by Crippen LogP contribution is -2.42. The second kappa shape index (κ2) is 9.79. The fourth-order valence-electron chi connectivity index (χ4n) is 5.06. The summed E-state index contributed by atoms with van der Waals surface area (Å²) in [4.78, 5) is 13.5. The SMILES string of the molecule is CC1(C)C(c2cc3c(Nc4cc5ncsc5cc4F)ccnc3s2)=CCN1CCOC1CCCCO1. The van der Waals surface area contributed by atoms with Gasteiger partial charge < -0.3 is 14.8 Å². The number of rotatable bonds is 7. The van der Waals surface area contributed by atoms with Crippen molar-refractivity contribution in [3.63, 3.8) is 0 Å². The lowest BCUT2D eigenvalue weighted by molar-refractivity contribution is -0.164. The summed E-state index contributed by atoms with van der Waals surface area (Å²) in [5.41, 5.74) is 4.94. The van der Waals surface area contributed by atoms with Crippen LogP contribution in [0.1, 0.15) is 38.0 Å². The summed E-state index contributed by atoms with van der Waals surface area (Å²) in [6, 6.07) is 7.38. The van der Waals surface area contributed by atoms with E-state index < -0.39 is 0 Å². The number of pyridine rings is 1. The zero-order valence-electron chi connectivity index (χ0n) is 20.4. The number of benzene rings is 1. The first-order valence-corrected chi connectivity index (χ1v) is 14.1. The number of aromatic nitrogens is 2. The van der Waals surface area contributed by atoms with Gasteiger partial charge in [-0.3, -0.25) is 4.90 Å². The molecule has 0 radical (unpaired) electrons. The van der Waals surface area contributed by atoms with Gasteiger partial charge in [-0.05, 0) is 62.9 Å². The zero-order valence-corrected chi connectivity index (χ0v) is 22.1. The molecule has 1 N–H and O–H groups in total. The van der Waals surface area contributed by atoms with Crippen molar-refractivity contribution in [3.8, 4) is 0 Å². The molecule has 1 saturated heterocycles. The third kappa shape index (κ3) is 4.54. The summed E-state index contributed by atoms with van der Waals surface area (Å²) in [6.45, 7) is 7.71. The first kappa shape index (κ1) is 23.9. The van der Waals surface area contributed by atoms with E-state index in [2.05, 4.69) is 46.2 Å². The average molecular weight is 525 g/mol. The van der Waals surface area contributed by atoms with E-state index in [1.165, 1.54) is 34.3 Å². The first-order chi connectivity index (χ1) is 17.5. The molecule has 0 amide bonds. The highest BCUT2D eigenvalue weighted by Crippen LogP contribution is 2.43. The number of halogens is 1. The molecule has 1 aromatic carbocycles. The van der Waals surface area contributed by atoms with Crippen LogP contribution in [-0.2, 0) is 9.47 Å². The first-order valence-electron chi connectivity index (χ1n) is 12.4. The number of thiazole rings is 1. The van der Waals surface area contributed by atoms with Crippen LogP contribution >= 0.6 is 22.7 Å². The van der Waals surface area contributed by atoms with Crippen molar-refractivity contribution in [1.82, 2.24) is 14.9 Å². The molecule has 0 spiro atoms. The number of thiophene rings is 1. The Hall–Kier alpha value is -2.43. The van der Waals surface area contributed by atoms with Crippen molar-refractivity contribution >= 4 is 60.1 Å². The van der Waals surface area contributed by atoms with E-state index in [1.54, 1.807) is 29.1 Å². The van der Waals surface area contributed by atoms with Crippen LogP contribution < -0.4 is 5.32 Å². The van der Waals surface area contributed by atoms with Crippen LogP contribution in [0.3, 0.4) is 0 Å². The van der Waals surface area contributed by atoms with Crippen molar-refractivity contribution in [1.29, 1.82) is 0 Å². The minimum absolute atomic E-state index is 0.0578. The van der Waals surface area contributed by atoms with Gasteiger partial charge in [-0.1, -0.05) is 6.08 Å². The number of ether oxygens (including phenoxy) is 2. The fourth-order valence-corrected chi connectivity index (χ4v) is 6.96. The van der Waals surface area contributed by atoms with Crippen molar-refractivity contribution in [2.45, 2.75) is 44.9 Å². The molecule has 1 unspecified atom stereocenters. The van der Waals surface area contributed by atoms with Crippen LogP contribution in [0.25, 0.3) is 26.0 Å². The van der Waals surface area contributed by atoms with Gasteiger partial charge >= 0.3 is 0 Å². The van der Waals surface area contributed by atoms with Crippen LogP contribution in [0.2, 0.25) is 0 Å². The molecule has 36 heavy (non-hydrogen) atoms. The molecule has 2 aliphatic heterocycles. The van der Waals surface area contributed by atoms with Gasteiger partial charge in [-0.2, -0.15) is 0 Å². The van der Waals surface area contributed by atoms with E-state index in [-0.39, 0.29) is 17.6 Å². The molecule has 3 aromatic heterocycles. The topological polar surface area (TPSA) is 59.5 Å². The van der Waals surface area contributed by atoms with Crippen LogP contribution in [0.15, 0.2) is 42.0 Å². The van der Waals surface area contributed by atoms with Crippen LogP contribution in [-0.4, -0.2) is 53.0 Å². The molecule has 6 rings (SSSR count). The Bertz CT molecular complexity index is 1420. The fraction of sp³-hybridized carbons (Fsp3) is 0.407. The number of hydrogen-bond acceptors (Lipinski definition) is 8. The predicted octanol–water partition coefficient (Wildman–Crippen LogP) is 6.81. The largest absolute Gasteiger partial charge is 0.353 e. The molecule has 6 nitrogen and oxygen atoms in total. The average Bonchev–Trinajstić information content (AvgIpc) is 3.57. The maximum absolute atomic E-state index is 14.8. The second-order valence-electron chi connectivity index (χ2n) is 9.75.